The van der Waals surface area contributed by atoms with Gasteiger partial charge in [0.1, 0.15) is 0 Å². The van der Waals surface area contributed by atoms with Crippen LogP contribution in [0.5, 0.6) is 0 Å². The maximum atomic E-state index is 11.9. The molecule has 1 heterocycles. The molecule has 1 N–H and O–H groups in total. The van der Waals surface area contributed by atoms with Crippen molar-refractivity contribution in [2.45, 2.75) is 32.1 Å². The van der Waals surface area contributed by atoms with Crippen LogP contribution in [0.25, 0.3) is 0 Å². The molecule has 19 heavy (non-hydrogen) atoms. The molecule has 1 aromatic rings. The number of nitrogens with one attached hydrogen (secondary N) is 1. The number of halogens is 1. The van der Waals surface area contributed by atoms with Crippen LogP contribution in [-0.4, -0.2) is 30.4 Å². The molecule has 0 aliphatic carbocycles. The Kier molecular flexibility index (Phi) is 5.67. The number of rotatable bonds is 4. The molecule has 3 nitrogen and oxygen atoms in total. The minimum Gasteiger partial charge on any atom is -0.326 e. The lowest BCUT2D eigenvalue weighted by atomic mass is 10.2. The lowest BCUT2D eigenvalue weighted by molar-refractivity contribution is -0.116. The first-order valence-corrected chi connectivity index (χ1v) is 7.39. The minimum atomic E-state index is 0.0755. The topological polar surface area (TPSA) is 32.3 Å². The van der Waals surface area contributed by atoms with Crippen LogP contribution in [-0.2, 0) is 4.79 Å². The van der Waals surface area contributed by atoms with Gasteiger partial charge in [0, 0.05) is 23.7 Å². The molecule has 1 amide bonds. The van der Waals surface area contributed by atoms with E-state index in [1.165, 1.54) is 25.7 Å². The molecule has 0 spiro atoms. The third-order valence-corrected chi connectivity index (χ3v) is 3.73. The average Bonchev–Trinajstić information content (AvgIpc) is 2.68. The van der Waals surface area contributed by atoms with Crippen molar-refractivity contribution in [2.75, 3.05) is 25.0 Å². The Morgan fingerprint density at radius 3 is 2.37 bits per heavy atom. The Bertz CT molecular complexity index is 397. The largest absolute Gasteiger partial charge is 0.326 e. The first-order valence-electron chi connectivity index (χ1n) is 7.02. The summed E-state index contributed by atoms with van der Waals surface area (Å²) < 4.78 is 0. The molecular weight excluding hydrogens is 260 g/mol. The maximum Gasteiger partial charge on any atom is 0.225 e. The molecule has 0 radical (unpaired) electrons. The molecule has 4 heteroatoms. The summed E-state index contributed by atoms with van der Waals surface area (Å²) in [6, 6.07) is 7.22. The quantitative estimate of drug-likeness (QED) is 0.915. The molecule has 0 unspecified atom stereocenters. The van der Waals surface area contributed by atoms with Crippen molar-refractivity contribution in [1.82, 2.24) is 4.90 Å². The van der Waals surface area contributed by atoms with E-state index in [2.05, 4.69) is 10.2 Å². The van der Waals surface area contributed by atoms with Gasteiger partial charge in [-0.15, -0.1) is 0 Å². The summed E-state index contributed by atoms with van der Waals surface area (Å²) in [5.74, 6) is 0.0755. The van der Waals surface area contributed by atoms with Gasteiger partial charge in [-0.3, -0.25) is 4.79 Å². The van der Waals surface area contributed by atoms with Crippen LogP contribution in [0.15, 0.2) is 24.3 Å². The lowest BCUT2D eigenvalue weighted by Gasteiger charge is -2.19. The number of carbonyl (C=O) groups is 1. The fourth-order valence-corrected chi connectivity index (χ4v) is 2.50. The molecule has 1 aliphatic heterocycles. The van der Waals surface area contributed by atoms with E-state index >= 15 is 0 Å². The van der Waals surface area contributed by atoms with Crippen molar-refractivity contribution in [3.8, 4) is 0 Å². The third-order valence-electron chi connectivity index (χ3n) is 3.48. The van der Waals surface area contributed by atoms with E-state index in [0.29, 0.717) is 11.4 Å². The molecule has 0 atom stereocenters. The van der Waals surface area contributed by atoms with Gasteiger partial charge in [0.15, 0.2) is 0 Å². The molecule has 0 aromatic heterocycles. The number of anilines is 1. The van der Waals surface area contributed by atoms with Gasteiger partial charge in [0.2, 0.25) is 5.91 Å². The smallest absolute Gasteiger partial charge is 0.225 e. The standard InChI is InChI=1S/C15H21ClN2O/c16-13-5-7-14(8-6-13)17-15(19)9-12-18-10-3-1-2-4-11-18/h5-8H,1-4,9-12H2,(H,17,19). The van der Waals surface area contributed by atoms with Crippen molar-refractivity contribution >= 4 is 23.2 Å². The second-order valence-corrected chi connectivity index (χ2v) is 5.50. The number of nitrogens with zero attached hydrogens (tertiary/aromatic N) is 1. The van der Waals surface area contributed by atoms with Gasteiger partial charge in [0.05, 0.1) is 0 Å². The number of benzene rings is 1. The molecule has 1 fully saturated rings. The summed E-state index contributed by atoms with van der Waals surface area (Å²) in [7, 11) is 0. The molecule has 2 rings (SSSR count). The van der Waals surface area contributed by atoms with Crippen molar-refractivity contribution < 1.29 is 4.79 Å². The average molecular weight is 281 g/mol. The highest BCUT2D eigenvalue weighted by molar-refractivity contribution is 6.30. The molecule has 0 bridgehead atoms. The van der Waals surface area contributed by atoms with Gasteiger partial charge in [-0.25, -0.2) is 0 Å². The normalized spacial score (nSPS) is 16.9. The lowest BCUT2D eigenvalue weighted by Crippen LogP contribution is -2.28. The van der Waals surface area contributed by atoms with Gasteiger partial charge >= 0.3 is 0 Å². The maximum absolute atomic E-state index is 11.9. The van der Waals surface area contributed by atoms with Gasteiger partial charge in [0.25, 0.3) is 0 Å². The van der Waals surface area contributed by atoms with Crippen LogP contribution in [0, 0.1) is 0 Å². The fraction of sp³-hybridized carbons (Fsp3) is 0.533. The van der Waals surface area contributed by atoms with Crippen LogP contribution < -0.4 is 5.32 Å². The Balaban J connectivity index is 1.73. The fourth-order valence-electron chi connectivity index (χ4n) is 2.38. The number of hydrogen-bond acceptors (Lipinski definition) is 2. The predicted molar refractivity (Wildman–Crippen MR) is 79.6 cm³/mol. The highest BCUT2D eigenvalue weighted by Crippen LogP contribution is 2.14. The van der Waals surface area contributed by atoms with Gasteiger partial charge in [-0.2, -0.15) is 0 Å². The third kappa shape index (κ3) is 5.21. The van der Waals surface area contributed by atoms with E-state index in [4.69, 9.17) is 11.6 Å². The highest BCUT2D eigenvalue weighted by atomic mass is 35.5. The van der Waals surface area contributed by atoms with E-state index in [9.17, 15) is 4.79 Å². The zero-order valence-corrected chi connectivity index (χ0v) is 12.0. The first kappa shape index (κ1) is 14.4. The van der Waals surface area contributed by atoms with Crippen molar-refractivity contribution in [3.63, 3.8) is 0 Å². The molecule has 104 valence electrons. The van der Waals surface area contributed by atoms with Crippen LogP contribution in [0.3, 0.4) is 0 Å². The number of amides is 1. The number of hydrogen-bond donors (Lipinski definition) is 1. The van der Waals surface area contributed by atoms with E-state index in [-0.39, 0.29) is 5.91 Å². The zero-order chi connectivity index (χ0) is 13.5. The van der Waals surface area contributed by atoms with E-state index in [1.54, 1.807) is 12.1 Å². The first-order chi connectivity index (χ1) is 9.24. The summed E-state index contributed by atoms with van der Waals surface area (Å²) in [5, 5.41) is 3.58. The molecular formula is C15H21ClN2O. The summed E-state index contributed by atoms with van der Waals surface area (Å²) in [6.07, 6.45) is 5.74. The summed E-state index contributed by atoms with van der Waals surface area (Å²) in [5.41, 5.74) is 0.810. The van der Waals surface area contributed by atoms with Gasteiger partial charge in [-0.1, -0.05) is 24.4 Å². The summed E-state index contributed by atoms with van der Waals surface area (Å²) in [6.45, 7) is 3.13. The minimum absolute atomic E-state index is 0.0755. The van der Waals surface area contributed by atoms with Crippen molar-refractivity contribution in [3.05, 3.63) is 29.3 Å². The van der Waals surface area contributed by atoms with Crippen LogP contribution in [0.1, 0.15) is 32.1 Å². The zero-order valence-electron chi connectivity index (χ0n) is 11.2. The van der Waals surface area contributed by atoms with E-state index < -0.39 is 0 Å². The predicted octanol–water partition coefficient (Wildman–Crippen LogP) is 3.54. The van der Waals surface area contributed by atoms with Gasteiger partial charge in [-0.05, 0) is 50.2 Å². The molecule has 1 aromatic carbocycles. The van der Waals surface area contributed by atoms with Crippen LogP contribution >= 0.6 is 11.6 Å². The Hall–Kier alpha value is -1.06. The van der Waals surface area contributed by atoms with Crippen molar-refractivity contribution in [1.29, 1.82) is 0 Å². The van der Waals surface area contributed by atoms with E-state index in [1.807, 2.05) is 12.1 Å². The SMILES string of the molecule is O=C(CCN1CCCCCC1)Nc1ccc(Cl)cc1. The van der Waals surface area contributed by atoms with E-state index in [0.717, 1.165) is 25.3 Å². The molecule has 1 aliphatic rings. The number of likely N-dealkylation sites (tertiary alicyclic amines) is 1. The van der Waals surface area contributed by atoms with Crippen LogP contribution in [0.2, 0.25) is 5.02 Å². The Morgan fingerprint density at radius 2 is 1.74 bits per heavy atom. The highest BCUT2D eigenvalue weighted by Gasteiger charge is 2.10. The summed E-state index contributed by atoms with van der Waals surface area (Å²) in [4.78, 5) is 14.3. The Labute approximate surface area is 119 Å². The summed E-state index contributed by atoms with van der Waals surface area (Å²) >= 11 is 5.81. The number of carbonyl (C=O) groups excluding carboxylic acids is 1. The second kappa shape index (κ2) is 7.51. The van der Waals surface area contributed by atoms with Crippen molar-refractivity contribution in [2.24, 2.45) is 0 Å². The second-order valence-electron chi connectivity index (χ2n) is 5.06. The molecule has 1 saturated heterocycles. The van der Waals surface area contributed by atoms with Crippen LogP contribution in [0.4, 0.5) is 5.69 Å². The van der Waals surface area contributed by atoms with Gasteiger partial charge < -0.3 is 10.2 Å². The molecule has 0 saturated carbocycles. The Morgan fingerprint density at radius 1 is 1.11 bits per heavy atom. The monoisotopic (exact) mass is 280 g/mol.